The van der Waals surface area contributed by atoms with Crippen LogP contribution >= 0.6 is 23.1 Å². The number of thiophene rings is 1. The SMILES string of the molecule is C=CCn1c(SCC(=O)NCC(N)=O)nc2sc(-c3ccccc3)cc2c1=O. The summed E-state index contributed by atoms with van der Waals surface area (Å²) in [4.78, 5) is 41.7. The number of carbonyl (C=O) groups is 2. The van der Waals surface area contributed by atoms with Crippen LogP contribution in [-0.2, 0) is 16.1 Å². The third kappa shape index (κ3) is 4.49. The molecule has 0 aliphatic rings. The minimum absolute atomic E-state index is 0.0132. The lowest BCUT2D eigenvalue weighted by Gasteiger charge is -2.09. The monoisotopic (exact) mass is 414 g/mol. The van der Waals surface area contributed by atoms with Crippen molar-refractivity contribution < 1.29 is 9.59 Å². The molecule has 3 aromatic rings. The van der Waals surface area contributed by atoms with Crippen LogP contribution in [0.15, 0.2) is 59.0 Å². The Morgan fingerprint density at radius 3 is 2.75 bits per heavy atom. The van der Waals surface area contributed by atoms with Crippen LogP contribution in [0, 0.1) is 0 Å². The Kier molecular flexibility index (Phi) is 6.27. The average Bonchev–Trinajstić information content (AvgIpc) is 3.12. The zero-order valence-electron chi connectivity index (χ0n) is 14.9. The van der Waals surface area contributed by atoms with Crippen molar-refractivity contribution in [3.63, 3.8) is 0 Å². The molecule has 2 heterocycles. The summed E-state index contributed by atoms with van der Waals surface area (Å²) in [5.74, 6) is -0.966. The summed E-state index contributed by atoms with van der Waals surface area (Å²) in [7, 11) is 0. The highest BCUT2D eigenvalue weighted by Crippen LogP contribution is 2.32. The number of hydrogen-bond acceptors (Lipinski definition) is 6. The molecule has 3 rings (SSSR count). The number of hydrogen-bond donors (Lipinski definition) is 2. The van der Waals surface area contributed by atoms with E-state index in [2.05, 4.69) is 16.9 Å². The second-order valence-corrected chi connectivity index (χ2v) is 7.80. The molecule has 0 fully saturated rings. The van der Waals surface area contributed by atoms with Crippen LogP contribution in [0.1, 0.15) is 0 Å². The van der Waals surface area contributed by atoms with E-state index in [4.69, 9.17) is 5.73 Å². The summed E-state index contributed by atoms with van der Waals surface area (Å²) < 4.78 is 1.49. The van der Waals surface area contributed by atoms with Crippen molar-refractivity contribution in [2.24, 2.45) is 5.73 Å². The lowest BCUT2D eigenvalue weighted by Crippen LogP contribution is -2.34. The maximum Gasteiger partial charge on any atom is 0.263 e. The number of allylic oxidation sites excluding steroid dienone is 1. The molecule has 9 heteroatoms. The second-order valence-electron chi connectivity index (χ2n) is 5.83. The fraction of sp³-hybridized carbons (Fsp3) is 0.158. The van der Waals surface area contributed by atoms with Crippen molar-refractivity contribution in [2.75, 3.05) is 12.3 Å². The number of primary amides is 1. The third-order valence-electron chi connectivity index (χ3n) is 3.78. The smallest absolute Gasteiger partial charge is 0.263 e. The number of rotatable bonds is 8. The third-order valence-corrected chi connectivity index (χ3v) is 5.83. The number of nitrogens with two attached hydrogens (primary N) is 1. The van der Waals surface area contributed by atoms with Crippen molar-refractivity contribution in [1.82, 2.24) is 14.9 Å². The molecule has 0 bridgehead atoms. The summed E-state index contributed by atoms with van der Waals surface area (Å²) in [6.07, 6.45) is 1.61. The van der Waals surface area contributed by atoms with E-state index < -0.39 is 5.91 Å². The molecule has 0 spiro atoms. The Labute approximate surface area is 169 Å². The predicted molar refractivity (Wildman–Crippen MR) is 112 cm³/mol. The van der Waals surface area contributed by atoms with Gasteiger partial charge >= 0.3 is 0 Å². The van der Waals surface area contributed by atoms with Gasteiger partial charge in [0.15, 0.2) is 5.16 Å². The zero-order valence-corrected chi connectivity index (χ0v) is 16.5. The van der Waals surface area contributed by atoms with Crippen LogP contribution in [0.5, 0.6) is 0 Å². The predicted octanol–water partition coefficient (Wildman–Crippen LogP) is 2.00. The molecular weight excluding hydrogens is 396 g/mol. The molecule has 1 aromatic carbocycles. The normalized spacial score (nSPS) is 10.7. The highest BCUT2D eigenvalue weighted by Gasteiger charge is 2.16. The number of nitrogens with one attached hydrogen (secondary N) is 1. The summed E-state index contributed by atoms with van der Waals surface area (Å²) in [6, 6.07) is 11.6. The van der Waals surface area contributed by atoms with Crippen molar-refractivity contribution in [1.29, 1.82) is 0 Å². The molecule has 144 valence electrons. The minimum atomic E-state index is -0.617. The molecule has 0 saturated heterocycles. The van der Waals surface area contributed by atoms with E-state index in [0.717, 1.165) is 22.2 Å². The highest BCUT2D eigenvalue weighted by molar-refractivity contribution is 7.99. The zero-order chi connectivity index (χ0) is 20.1. The van der Waals surface area contributed by atoms with Crippen LogP contribution in [0.2, 0.25) is 0 Å². The fourth-order valence-corrected chi connectivity index (χ4v) is 4.43. The first-order chi connectivity index (χ1) is 13.5. The first kappa shape index (κ1) is 19.8. The number of carbonyl (C=O) groups excluding carboxylic acids is 2. The number of fused-ring (bicyclic) bond motifs is 1. The van der Waals surface area contributed by atoms with Crippen LogP contribution in [0.25, 0.3) is 20.7 Å². The van der Waals surface area contributed by atoms with Gasteiger partial charge in [0.2, 0.25) is 11.8 Å². The molecule has 28 heavy (non-hydrogen) atoms. The molecule has 0 radical (unpaired) electrons. The van der Waals surface area contributed by atoms with E-state index in [9.17, 15) is 14.4 Å². The van der Waals surface area contributed by atoms with Crippen molar-refractivity contribution in [2.45, 2.75) is 11.7 Å². The Balaban J connectivity index is 1.94. The summed E-state index contributed by atoms with van der Waals surface area (Å²) in [5, 5.41) is 3.37. The quantitative estimate of drug-likeness (QED) is 0.333. The average molecular weight is 415 g/mol. The van der Waals surface area contributed by atoms with E-state index in [0.29, 0.717) is 15.4 Å². The van der Waals surface area contributed by atoms with E-state index >= 15 is 0 Å². The van der Waals surface area contributed by atoms with Gasteiger partial charge in [0, 0.05) is 11.4 Å². The maximum atomic E-state index is 13.0. The lowest BCUT2D eigenvalue weighted by atomic mass is 10.2. The van der Waals surface area contributed by atoms with Gasteiger partial charge in [-0.3, -0.25) is 19.0 Å². The van der Waals surface area contributed by atoms with E-state index in [1.807, 2.05) is 36.4 Å². The minimum Gasteiger partial charge on any atom is -0.368 e. The van der Waals surface area contributed by atoms with Crippen LogP contribution in [0.4, 0.5) is 0 Å². The fourth-order valence-electron chi connectivity index (χ4n) is 2.51. The molecule has 7 nitrogen and oxygen atoms in total. The standard InChI is InChI=1S/C19H18N4O3S2/c1-2-8-23-18(26)13-9-14(12-6-4-3-5-7-12)28-17(13)22-19(23)27-11-16(25)21-10-15(20)24/h2-7,9H,1,8,10-11H2,(H2,20,24)(H,21,25). The first-order valence-electron chi connectivity index (χ1n) is 8.38. The van der Waals surface area contributed by atoms with Crippen molar-refractivity contribution >= 4 is 45.1 Å². The van der Waals surface area contributed by atoms with Gasteiger partial charge in [-0.15, -0.1) is 17.9 Å². The second kappa shape index (κ2) is 8.85. The van der Waals surface area contributed by atoms with E-state index in [1.54, 1.807) is 6.08 Å². The lowest BCUT2D eigenvalue weighted by molar-refractivity contribution is -0.123. The Hall–Kier alpha value is -2.91. The number of thioether (sulfide) groups is 1. The van der Waals surface area contributed by atoms with Gasteiger partial charge in [0.05, 0.1) is 17.7 Å². The number of nitrogens with zero attached hydrogens (tertiary/aromatic N) is 2. The molecule has 0 atom stereocenters. The van der Waals surface area contributed by atoms with Gasteiger partial charge in [0.1, 0.15) is 4.83 Å². The van der Waals surface area contributed by atoms with Gasteiger partial charge in [-0.1, -0.05) is 48.2 Å². The molecule has 2 aromatic heterocycles. The maximum absolute atomic E-state index is 13.0. The highest BCUT2D eigenvalue weighted by atomic mass is 32.2. The Bertz CT molecular complexity index is 1090. The molecule has 0 aliphatic heterocycles. The van der Waals surface area contributed by atoms with E-state index in [-0.39, 0.29) is 30.3 Å². The van der Waals surface area contributed by atoms with Crippen LogP contribution in [0.3, 0.4) is 0 Å². The Morgan fingerprint density at radius 1 is 1.32 bits per heavy atom. The van der Waals surface area contributed by atoms with Gasteiger partial charge in [0.25, 0.3) is 5.56 Å². The molecule has 3 N–H and O–H groups in total. The summed E-state index contributed by atoms with van der Waals surface area (Å²) in [6.45, 7) is 3.75. The molecule has 2 amide bonds. The first-order valence-corrected chi connectivity index (χ1v) is 10.2. The number of aromatic nitrogens is 2. The van der Waals surface area contributed by atoms with Crippen molar-refractivity contribution in [3.8, 4) is 10.4 Å². The number of amides is 2. The van der Waals surface area contributed by atoms with Crippen molar-refractivity contribution in [3.05, 3.63) is 59.4 Å². The summed E-state index contributed by atoms with van der Waals surface area (Å²) >= 11 is 2.56. The van der Waals surface area contributed by atoms with Gasteiger partial charge in [-0.25, -0.2) is 4.98 Å². The van der Waals surface area contributed by atoms with Crippen LogP contribution in [-0.4, -0.2) is 33.7 Å². The van der Waals surface area contributed by atoms with Gasteiger partial charge in [-0.2, -0.15) is 0 Å². The van der Waals surface area contributed by atoms with E-state index in [1.165, 1.54) is 15.9 Å². The van der Waals surface area contributed by atoms with Crippen LogP contribution < -0.4 is 16.6 Å². The molecule has 0 aliphatic carbocycles. The van der Waals surface area contributed by atoms with Gasteiger partial charge in [-0.05, 0) is 11.6 Å². The summed E-state index contributed by atoms with van der Waals surface area (Å²) in [5.41, 5.74) is 5.85. The topological polar surface area (TPSA) is 107 Å². The Morgan fingerprint density at radius 2 is 2.07 bits per heavy atom. The number of benzene rings is 1. The molecular formula is C19H18N4O3S2. The largest absolute Gasteiger partial charge is 0.368 e. The molecule has 0 saturated carbocycles. The molecule has 0 unspecified atom stereocenters. The van der Waals surface area contributed by atoms with Gasteiger partial charge < -0.3 is 11.1 Å².